The normalized spacial score (nSPS) is 13.0. The second-order valence-electron chi connectivity index (χ2n) is 8.06. The Morgan fingerprint density at radius 3 is 2.48 bits per heavy atom. The van der Waals surface area contributed by atoms with E-state index < -0.39 is 16.7 Å². The Bertz CT molecular complexity index is 1210. The van der Waals surface area contributed by atoms with E-state index in [2.05, 4.69) is 16.9 Å². The van der Waals surface area contributed by atoms with E-state index in [0.717, 1.165) is 50.6 Å². The van der Waals surface area contributed by atoms with Gasteiger partial charge in [-0.15, -0.1) is 0 Å². The van der Waals surface area contributed by atoms with Gasteiger partial charge in [0.15, 0.2) is 4.90 Å². The number of hydrogen-bond acceptors (Lipinski definition) is 5. The zero-order valence-electron chi connectivity index (χ0n) is 18.3. The molecule has 0 amide bonds. The molecule has 4 aromatic rings. The van der Waals surface area contributed by atoms with Crippen LogP contribution in [0.3, 0.4) is 0 Å². The molecule has 1 unspecified atom stereocenters. The highest BCUT2D eigenvalue weighted by Crippen LogP contribution is 2.30. The van der Waals surface area contributed by atoms with Gasteiger partial charge >= 0.3 is 0 Å². The number of hydrogen-bond donors (Lipinski definition) is 1. The van der Waals surface area contributed by atoms with Crippen molar-refractivity contribution < 1.29 is 4.55 Å². The molecule has 0 aliphatic rings. The highest BCUT2D eigenvalue weighted by Gasteiger charge is 2.18. The Morgan fingerprint density at radius 1 is 1.03 bits per heavy atom. The topological polar surface area (TPSA) is 92.7 Å². The van der Waals surface area contributed by atoms with Crippen LogP contribution in [0.1, 0.15) is 33.3 Å². The average molecular weight is 434 g/mol. The van der Waals surface area contributed by atoms with Gasteiger partial charge in [-0.3, -0.25) is 14.6 Å². The minimum absolute atomic E-state index is 0.437. The fraction of sp³-hybridized carbons (Fsp3) is 0.292. The van der Waals surface area contributed by atoms with E-state index >= 15 is 0 Å². The van der Waals surface area contributed by atoms with E-state index in [1.807, 2.05) is 74.1 Å². The molecule has 1 aromatic carbocycles. The van der Waals surface area contributed by atoms with Crippen molar-refractivity contribution in [1.29, 1.82) is 0 Å². The smallest absolute Gasteiger partial charge is 0.153 e. The van der Waals surface area contributed by atoms with Gasteiger partial charge in [-0.05, 0) is 80.8 Å². The summed E-state index contributed by atoms with van der Waals surface area (Å²) in [7, 11) is 0. The molecule has 0 saturated heterocycles. The summed E-state index contributed by atoms with van der Waals surface area (Å²) >= 11 is -1.02. The van der Waals surface area contributed by atoms with Crippen LogP contribution in [0, 0.1) is 0 Å². The van der Waals surface area contributed by atoms with Crippen molar-refractivity contribution >= 4 is 22.1 Å². The lowest BCUT2D eigenvalue weighted by molar-refractivity contribution is 0.554. The van der Waals surface area contributed by atoms with Crippen molar-refractivity contribution in [3.8, 4) is 22.6 Å². The van der Waals surface area contributed by atoms with E-state index in [4.69, 9.17) is 10.8 Å². The van der Waals surface area contributed by atoms with Crippen LogP contribution in [-0.2, 0) is 23.3 Å². The van der Waals surface area contributed by atoms with Crippen LogP contribution in [0.5, 0.6) is 0 Å². The van der Waals surface area contributed by atoms with Crippen LogP contribution < -0.4 is 5.73 Å². The van der Waals surface area contributed by atoms with E-state index in [1.54, 1.807) is 6.20 Å². The molecular weight excluding hydrogens is 406 g/mol. The predicted molar refractivity (Wildman–Crippen MR) is 126 cm³/mol. The van der Waals surface area contributed by atoms with E-state index in [-0.39, 0.29) is 0 Å². The van der Waals surface area contributed by atoms with E-state index in [9.17, 15) is 4.55 Å². The molecule has 0 aliphatic heterocycles. The molecule has 0 fully saturated rings. The summed E-state index contributed by atoms with van der Waals surface area (Å²) in [4.78, 5) is 9.98. The van der Waals surface area contributed by atoms with Gasteiger partial charge in [0.1, 0.15) is 11.4 Å². The molecule has 0 aliphatic carbocycles. The lowest BCUT2D eigenvalue weighted by Gasteiger charge is -2.19. The summed E-state index contributed by atoms with van der Waals surface area (Å²) in [6.45, 7) is 8.68. The molecule has 0 saturated carbocycles. The number of benzene rings is 1. The number of aromatic nitrogens is 4. The third kappa shape index (κ3) is 4.21. The zero-order chi connectivity index (χ0) is 22.2. The van der Waals surface area contributed by atoms with Gasteiger partial charge < -0.3 is 10.3 Å². The zero-order valence-corrected chi connectivity index (χ0v) is 19.1. The first-order valence-corrected chi connectivity index (χ1v) is 11.7. The molecule has 7 heteroatoms. The van der Waals surface area contributed by atoms with E-state index in [1.165, 1.54) is 0 Å². The standard InChI is InChI=1S/C24H27N5OS/c1-5-29-22-10-8-18(31(30)6-2)14-19(22)23(28-29)20-9-7-16(15-27-20)21-13-17(11-12-26-21)24(3,4)25/h7-15H,5-6,25H2,1-4H3. The first kappa shape index (κ1) is 21.5. The van der Waals surface area contributed by atoms with Gasteiger partial charge in [-0.1, -0.05) is 0 Å². The number of pyridine rings is 2. The van der Waals surface area contributed by atoms with Gasteiger partial charge in [0.05, 0.1) is 16.9 Å². The van der Waals surface area contributed by atoms with Gasteiger partial charge in [0.2, 0.25) is 0 Å². The van der Waals surface area contributed by atoms with Gasteiger partial charge in [-0.2, -0.15) is 5.10 Å². The quantitative estimate of drug-likeness (QED) is 0.452. The fourth-order valence-corrected chi connectivity index (χ4v) is 4.37. The lowest BCUT2D eigenvalue weighted by Crippen LogP contribution is -2.28. The van der Waals surface area contributed by atoms with Gasteiger partial charge in [0, 0.05) is 41.5 Å². The second kappa shape index (κ2) is 8.42. The molecule has 0 radical (unpaired) electrons. The summed E-state index contributed by atoms with van der Waals surface area (Å²) in [5.41, 5.74) is 11.2. The Balaban J connectivity index is 1.76. The molecular formula is C24H27N5OS. The molecule has 1 atom stereocenters. The molecule has 3 heterocycles. The average Bonchev–Trinajstić information content (AvgIpc) is 3.16. The van der Waals surface area contributed by atoms with Crippen LogP contribution in [0.4, 0.5) is 0 Å². The predicted octanol–water partition coefficient (Wildman–Crippen LogP) is 4.50. The summed E-state index contributed by atoms with van der Waals surface area (Å²) in [5, 5.41) is 5.74. The van der Waals surface area contributed by atoms with Crippen LogP contribution >= 0.6 is 0 Å². The maximum absolute atomic E-state index is 12.3. The van der Waals surface area contributed by atoms with Crippen molar-refractivity contribution in [1.82, 2.24) is 19.7 Å². The van der Waals surface area contributed by atoms with Crippen LogP contribution in [0.25, 0.3) is 33.5 Å². The highest BCUT2D eigenvalue weighted by atomic mass is 32.2. The SMILES string of the molecule is CCn1nc(-c2ccc(-c3cc(C(C)(C)N)ccn3)cn2)c2cc([S+]([O-])CC)ccc21. The molecule has 31 heavy (non-hydrogen) atoms. The third-order valence-corrected chi connectivity index (χ3v) is 6.66. The first-order valence-electron chi connectivity index (χ1n) is 10.4. The van der Waals surface area contributed by atoms with Crippen molar-refractivity contribution in [2.75, 3.05) is 5.75 Å². The molecule has 0 bridgehead atoms. The molecule has 160 valence electrons. The molecule has 4 rings (SSSR count). The summed E-state index contributed by atoms with van der Waals surface area (Å²) < 4.78 is 14.3. The number of nitrogens with zero attached hydrogens (tertiary/aromatic N) is 4. The lowest BCUT2D eigenvalue weighted by atomic mass is 9.95. The number of rotatable bonds is 6. The molecule has 0 spiro atoms. The highest BCUT2D eigenvalue weighted by molar-refractivity contribution is 7.91. The van der Waals surface area contributed by atoms with Crippen molar-refractivity contribution in [2.45, 2.75) is 44.7 Å². The largest absolute Gasteiger partial charge is 0.611 e. The van der Waals surface area contributed by atoms with Crippen molar-refractivity contribution in [3.05, 3.63) is 60.4 Å². The minimum atomic E-state index is -1.02. The fourth-order valence-electron chi connectivity index (χ4n) is 3.57. The summed E-state index contributed by atoms with van der Waals surface area (Å²) in [6, 6.07) is 13.8. The Labute approximate surface area is 185 Å². The molecule has 3 aromatic heterocycles. The van der Waals surface area contributed by atoms with Gasteiger partial charge in [0.25, 0.3) is 0 Å². The number of fused-ring (bicyclic) bond motifs is 1. The van der Waals surface area contributed by atoms with Crippen LogP contribution in [0.15, 0.2) is 59.8 Å². The summed E-state index contributed by atoms with van der Waals surface area (Å²) in [5.74, 6) is 0.585. The van der Waals surface area contributed by atoms with Crippen molar-refractivity contribution in [2.24, 2.45) is 5.73 Å². The number of aryl methyl sites for hydroxylation is 1. The monoisotopic (exact) mass is 433 g/mol. The molecule has 2 N–H and O–H groups in total. The Kier molecular flexibility index (Phi) is 5.83. The van der Waals surface area contributed by atoms with Gasteiger partial charge in [-0.25, -0.2) is 0 Å². The number of nitrogens with two attached hydrogens (primary N) is 1. The summed E-state index contributed by atoms with van der Waals surface area (Å²) in [6.07, 6.45) is 3.59. The minimum Gasteiger partial charge on any atom is -0.611 e. The Hall–Kier alpha value is -2.74. The molecule has 6 nitrogen and oxygen atoms in total. The second-order valence-corrected chi connectivity index (χ2v) is 9.80. The van der Waals surface area contributed by atoms with Crippen LogP contribution in [0.2, 0.25) is 0 Å². The van der Waals surface area contributed by atoms with E-state index in [0.29, 0.717) is 5.75 Å². The first-order chi connectivity index (χ1) is 14.8. The van der Waals surface area contributed by atoms with Crippen molar-refractivity contribution in [3.63, 3.8) is 0 Å². The maximum Gasteiger partial charge on any atom is 0.153 e. The maximum atomic E-state index is 12.3. The van der Waals surface area contributed by atoms with Crippen LogP contribution in [-0.4, -0.2) is 30.1 Å². The third-order valence-electron chi connectivity index (χ3n) is 5.35. The Morgan fingerprint density at radius 2 is 1.84 bits per heavy atom.